The number of H-pyrrole nitrogens is 2. The van der Waals surface area contributed by atoms with E-state index in [9.17, 15) is 0 Å². The predicted octanol–water partition coefficient (Wildman–Crippen LogP) is 17.8. The third-order valence-electron chi connectivity index (χ3n) is 13.0. The molecule has 0 amide bonds. The van der Waals surface area contributed by atoms with Gasteiger partial charge in [-0.05, 0) is 36.5 Å². The zero-order chi connectivity index (χ0) is 46.0. The van der Waals surface area contributed by atoms with Crippen LogP contribution in [0.4, 0.5) is 0 Å². The number of aromatic amines is 2. The largest absolute Gasteiger partial charge is 0.324 e. The van der Waals surface area contributed by atoms with E-state index < -0.39 is 0 Å². The van der Waals surface area contributed by atoms with Crippen LogP contribution in [0.2, 0.25) is 20.1 Å². The Labute approximate surface area is 414 Å². The molecule has 8 aromatic rings. The molecule has 0 saturated carbocycles. The number of hydrogen-bond acceptors (Lipinski definition) is 7. The smallest absolute Gasteiger partial charge is 0.166 e. The molecule has 5 heterocycles. The molecule has 1 atom stereocenters. The number of nitrogens with one attached hydrogen (secondary N) is 2. The molecule has 0 fully saturated rings. The van der Waals surface area contributed by atoms with Gasteiger partial charge in [0.05, 0.1) is 20.1 Å². The summed E-state index contributed by atoms with van der Waals surface area (Å²) < 4.78 is 0. The number of rotatable bonds is 16. The molecule has 67 heavy (non-hydrogen) atoms. The fraction of sp³-hybridized carbons (Fsp3) is 0.296. The van der Waals surface area contributed by atoms with Gasteiger partial charge in [0.2, 0.25) is 0 Å². The van der Waals surface area contributed by atoms with Crippen molar-refractivity contribution in [2.24, 2.45) is 0 Å². The van der Waals surface area contributed by atoms with Crippen LogP contribution in [0, 0.1) is 0 Å². The lowest BCUT2D eigenvalue weighted by atomic mass is 9.89. The first kappa shape index (κ1) is 45.7. The fourth-order valence-electron chi connectivity index (χ4n) is 9.62. The third kappa shape index (κ3) is 9.06. The molecule has 3 aromatic heterocycles. The number of hydrogen-bond donors (Lipinski definition) is 2. The van der Waals surface area contributed by atoms with Crippen LogP contribution in [0.15, 0.2) is 101 Å². The topological polar surface area (TPSA) is 109 Å². The summed E-state index contributed by atoms with van der Waals surface area (Å²) in [6.45, 7) is 4.55. The van der Waals surface area contributed by atoms with Crippen molar-refractivity contribution in [1.82, 2.24) is 39.9 Å². The highest BCUT2D eigenvalue weighted by Crippen LogP contribution is 2.51. The lowest BCUT2D eigenvalue weighted by Crippen LogP contribution is -2.01. The van der Waals surface area contributed by atoms with Gasteiger partial charge in [0.1, 0.15) is 22.6 Å². The summed E-state index contributed by atoms with van der Waals surface area (Å²) in [5.41, 5.74) is 6.42. The average molecular weight is 985 g/mol. The summed E-state index contributed by atoms with van der Waals surface area (Å²) in [5, 5.41) is 4.27. The number of nitrogens with zero attached hydrogens (tertiary/aromatic N) is 6. The molecule has 13 heteroatoms. The van der Waals surface area contributed by atoms with Gasteiger partial charge in [0.25, 0.3) is 0 Å². The molecule has 8 bridgehead atoms. The van der Waals surface area contributed by atoms with Gasteiger partial charge in [0, 0.05) is 53.6 Å². The Balaban J connectivity index is 1.15. The van der Waals surface area contributed by atoms with E-state index in [-0.39, 0.29) is 10.0 Å². The van der Waals surface area contributed by atoms with E-state index in [4.69, 9.17) is 76.3 Å². The molecule has 2 N–H and O–H groups in total. The molecular weight excluding hydrogens is 935 g/mol. The van der Waals surface area contributed by atoms with Crippen LogP contribution in [0.25, 0.3) is 89.7 Å². The highest BCUT2D eigenvalue weighted by Gasteiger charge is 2.28. The van der Waals surface area contributed by atoms with E-state index in [1.54, 1.807) is 11.8 Å². The van der Waals surface area contributed by atoms with E-state index in [1.165, 1.54) is 69.8 Å². The van der Waals surface area contributed by atoms with Crippen LogP contribution in [-0.2, 0) is 0 Å². The van der Waals surface area contributed by atoms with E-state index >= 15 is 0 Å². The van der Waals surface area contributed by atoms with Crippen molar-refractivity contribution in [1.29, 1.82) is 0 Å². The Morgan fingerprint density at radius 3 is 1.69 bits per heavy atom. The van der Waals surface area contributed by atoms with E-state index in [0.29, 0.717) is 83.1 Å². The summed E-state index contributed by atoms with van der Waals surface area (Å²) in [5.74, 6) is 2.17. The fourth-order valence-corrected chi connectivity index (χ4v) is 12.0. The zero-order valence-electron chi connectivity index (χ0n) is 37.5. The Kier molecular flexibility index (Phi) is 13.8. The third-order valence-corrected chi connectivity index (χ3v) is 15.9. The Morgan fingerprint density at radius 1 is 0.463 bits per heavy atom. The van der Waals surface area contributed by atoms with Crippen LogP contribution in [0.5, 0.6) is 0 Å². The van der Waals surface area contributed by atoms with Crippen molar-refractivity contribution in [3.8, 4) is 45.6 Å². The van der Waals surface area contributed by atoms with Gasteiger partial charge < -0.3 is 9.97 Å². The molecule has 340 valence electrons. The first-order valence-electron chi connectivity index (χ1n) is 23.6. The first-order valence-corrected chi connectivity index (χ1v) is 25.9. The first-order chi connectivity index (χ1) is 32.8. The van der Waals surface area contributed by atoms with E-state index in [2.05, 4.69) is 48.1 Å². The minimum atomic E-state index is 0.223. The zero-order valence-corrected chi connectivity index (χ0v) is 41.4. The molecule has 10 rings (SSSR count). The minimum Gasteiger partial charge on any atom is -0.324 e. The van der Waals surface area contributed by atoms with Gasteiger partial charge in [0.15, 0.2) is 23.3 Å². The quantitative estimate of drug-likeness (QED) is 0.0733. The van der Waals surface area contributed by atoms with Crippen LogP contribution in [-0.4, -0.2) is 39.9 Å². The van der Waals surface area contributed by atoms with Crippen molar-refractivity contribution in [3.05, 3.63) is 117 Å². The van der Waals surface area contributed by atoms with Gasteiger partial charge in [-0.15, -0.1) is 0 Å². The van der Waals surface area contributed by atoms with Crippen molar-refractivity contribution >= 4 is 102 Å². The van der Waals surface area contributed by atoms with Gasteiger partial charge >= 0.3 is 0 Å². The van der Waals surface area contributed by atoms with Gasteiger partial charge in [-0.1, -0.05) is 222 Å². The molecule has 1 unspecified atom stereocenters. The Bertz CT molecular complexity index is 3330. The normalized spacial score (nSPS) is 12.5. The Morgan fingerprint density at radius 2 is 1.00 bits per heavy atom. The van der Waals surface area contributed by atoms with E-state index in [1.807, 2.05) is 66.7 Å². The summed E-state index contributed by atoms with van der Waals surface area (Å²) in [6, 6.07) is 30.3. The molecule has 0 saturated heterocycles. The summed E-state index contributed by atoms with van der Waals surface area (Å²) in [7, 11) is 0. The summed E-state index contributed by atoms with van der Waals surface area (Å²) in [4.78, 5) is 39.8. The lowest BCUT2D eigenvalue weighted by molar-refractivity contribution is 0.501. The van der Waals surface area contributed by atoms with Gasteiger partial charge in [-0.3, -0.25) is 0 Å². The van der Waals surface area contributed by atoms with Crippen molar-refractivity contribution in [3.63, 3.8) is 0 Å². The second-order valence-corrected chi connectivity index (χ2v) is 20.1. The summed E-state index contributed by atoms with van der Waals surface area (Å²) >= 11 is 30.5. The lowest BCUT2D eigenvalue weighted by Gasteiger charge is -2.21. The molecule has 8 nitrogen and oxygen atoms in total. The molecule has 0 spiro atoms. The highest BCUT2D eigenvalue weighted by atomic mass is 35.5. The molecule has 5 aromatic carbocycles. The maximum atomic E-state index is 7.38. The molecule has 0 aliphatic carbocycles. The maximum Gasteiger partial charge on any atom is 0.166 e. The Hall–Kier alpha value is -5.03. The molecular formula is C54H50Cl4N8S. The maximum absolute atomic E-state index is 7.38. The molecule has 2 aliphatic heterocycles. The average Bonchev–Trinajstić information content (AvgIpc) is 4.09. The second kappa shape index (κ2) is 20.3. The van der Waals surface area contributed by atoms with Crippen LogP contribution < -0.4 is 0 Å². The SMILES string of the molecule is CCCCCCCCCCCCC(CCC)c1ccccc1Sc1c(Cl)c(Cl)c(Cl)c2c3nc4nc(nc5[nH]c(nc6nc(nc([nH]3)c12)-c1ccccc1-6)c1ccccc51)-c1cccc(Cl)c1-4. The second-order valence-electron chi connectivity index (χ2n) is 17.5. The van der Waals surface area contributed by atoms with Crippen LogP contribution in [0.3, 0.4) is 0 Å². The number of unbranched alkanes of at least 4 members (excludes halogenated alkanes) is 9. The number of aromatic nitrogens is 8. The molecule has 2 aliphatic rings. The van der Waals surface area contributed by atoms with Crippen molar-refractivity contribution in [2.45, 2.75) is 113 Å². The summed E-state index contributed by atoms with van der Waals surface area (Å²) in [6.07, 6.45) is 16.4. The van der Waals surface area contributed by atoms with Gasteiger partial charge in [-0.25, -0.2) is 29.9 Å². The molecule has 0 radical (unpaired) electrons. The van der Waals surface area contributed by atoms with Crippen molar-refractivity contribution in [2.75, 3.05) is 0 Å². The predicted molar refractivity (Wildman–Crippen MR) is 281 cm³/mol. The highest BCUT2D eigenvalue weighted by molar-refractivity contribution is 7.99. The monoisotopic (exact) mass is 982 g/mol. The van der Waals surface area contributed by atoms with E-state index in [0.717, 1.165) is 51.6 Å². The standard InChI is InChI=1S/C54H50Cl4N8S/c1-3-5-6-7-8-9-10-11-12-13-22-31(21-4-2)32-23-18-19-30-39(32)67-46-42-41(43(56)44(57)45(46)58)53-65-52-40-37(28-20-29-38(40)55)51(64-52)62-49-34-25-15-14-24-33(34)47(60-49)59-48-35-26-16-17-27-36(35)50(61-48)63-54(42)66-53/h14-20,23-31H,3-13,21-22H2,1-2H3,(H2,59,60,61,62,63,64,65,66). The van der Waals surface area contributed by atoms with Crippen molar-refractivity contribution < 1.29 is 0 Å². The van der Waals surface area contributed by atoms with Crippen LogP contribution >= 0.6 is 58.2 Å². The number of halogens is 4. The van der Waals surface area contributed by atoms with Crippen LogP contribution in [0.1, 0.15) is 109 Å². The number of fused-ring (bicyclic) bond motifs is 20. The minimum absolute atomic E-state index is 0.223. The number of benzene rings is 5. The van der Waals surface area contributed by atoms with Gasteiger partial charge in [-0.2, -0.15) is 0 Å².